The molecule has 0 aromatic heterocycles. The Labute approximate surface area is 112 Å². The van der Waals surface area contributed by atoms with Crippen molar-refractivity contribution in [2.45, 2.75) is 53.1 Å². The second-order valence-electron chi connectivity index (χ2n) is 5.79. The molecule has 1 aromatic carbocycles. The molecule has 0 bridgehead atoms. The molecule has 1 atom stereocenters. The number of aryl methyl sites for hydroxylation is 1. The number of hydrogen-bond acceptors (Lipinski definition) is 1. The van der Waals surface area contributed by atoms with Gasteiger partial charge in [-0.05, 0) is 24.8 Å². The van der Waals surface area contributed by atoms with E-state index in [1.165, 1.54) is 16.7 Å². The molecule has 0 radical (unpaired) electrons. The molecule has 0 saturated carbocycles. The van der Waals surface area contributed by atoms with E-state index in [-0.39, 0.29) is 0 Å². The summed E-state index contributed by atoms with van der Waals surface area (Å²) >= 11 is 0. The van der Waals surface area contributed by atoms with Gasteiger partial charge in [0.15, 0.2) is 0 Å². The van der Waals surface area contributed by atoms with Gasteiger partial charge in [0.05, 0.1) is 0 Å². The Morgan fingerprint density at radius 2 is 1.67 bits per heavy atom. The smallest absolute Gasteiger partial charge is 0.0322 e. The number of nitrogens with one attached hydrogen (secondary N) is 1. The third-order valence-electron chi connectivity index (χ3n) is 3.28. The summed E-state index contributed by atoms with van der Waals surface area (Å²) in [6.45, 7) is 15.2. The molecule has 1 aromatic rings. The minimum Gasteiger partial charge on any atom is -0.308 e. The lowest BCUT2D eigenvalue weighted by Gasteiger charge is -2.26. The summed E-state index contributed by atoms with van der Waals surface area (Å²) in [5.41, 5.74) is 3.99. The monoisotopic (exact) mass is 245 g/mol. The van der Waals surface area contributed by atoms with Crippen molar-refractivity contribution in [3.8, 4) is 0 Å². The largest absolute Gasteiger partial charge is 0.308 e. The molecule has 0 aliphatic rings. The van der Waals surface area contributed by atoms with Crippen LogP contribution in [0.1, 0.15) is 38.8 Å². The van der Waals surface area contributed by atoms with Crippen LogP contribution in [0.5, 0.6) is 0 Å². The van der Waals surface area contributed by atoms with Crippen LogP contribution in [0.3, 0.4) is 0 Å². The maximum atomic E-state index is 4.26. The summed E-state index contributed by atoms with van der Waals surface area (Å²) in [6, 6.07) is 9.65. The molecule has 100 valence electrons. The fraction of sp³-hybridized carbons (Fsp3) is 0.529. The summed E-state index contributed by atoms with van der Waals surface area (Å²) in [6.07, 6.45) is 1.02. The minimum atomic E-state index is 0.368. The van der Waals surface area contributed by atoms with Gasteiger partial charge in [0, 0.05) is 12.1 Å². The Morgan fingerprint density at radius 1 is 1.11 bits per heavy atom. The SMILES string of the molecule is C=C(C(C)C)C(Cc1ccc(C)cc1)NC(C)C. The van der Waals surface area contributed by atoms with Gasteiger partial charge in [-0.1, -0.05) is 69.7 Å². The molecule has 0 saturated heterocycles. The molecule has 1 heteroatoms. The fourth-order valence-corrected chi connectivity index (χ4v) is 2.06. The molecule has 0 amide bonds. The second kappa shape index (κ2) is 6.75. The summed E-state index contributed by atoms with van der Waals surface area (Å²) < 4.78 is 0. The van der Waals surface area contributed by atoms with Crippen molar-refractivity contribution in [2.75, 3.05) is 0 Å². The maximum Gasteiger partial charge on any atom is 0.0322 e. The van der Waals surface area contributed by atoms with Crippen LogP contribution in [-0.2, 0) is 6.42 Å². The average molecular weight is 245 g/mol. The van der Waals surface area contributed by atoms with Crippen LogP contribution < -0.4 is 5.32 Å². The number of benzene rings is 1. The van der Waals surface area contributed by atoms with Gasteiger partial charge in [-0.25, -0.2) is 0 Å². The highest BCUT2D eigenvalue weighted by molar-refractivity contribution is 5.24. The van der Waals surface area contributed by atoms with E-state index in [0.717, 1.165) is 6.42 Å². The first kappa shape index (κ1) is 15.0. The molecule has 1 N–H and O–H groups in total. The first-order chi connectivity index (χ1) is 8.40. The minimum absolute atomic E-state index is 0.368. The number of rotatable bonds is 6. The van der Waals surface area contributed by atoms with Gasteiger partial charge in [-0.15, -0.1) is 0 Å². The predicted octanol–water partition coefficient (Wildman–Crippen LogP) is 4.12. The quantitative estimate of drug-likeness (QED) is 0.744. The van der Waals surface area contributed by atoms with Crippen molar-refractivity contribution in [3.63, 3.8) is 0 Å². The lowest BCUT2D eigenvalue weighted by atomic mass is 9.92. The zero-order valence-corrected chi connectivity index (χ0v) is 12.5. The molecule has 1 unspecified atom stereocenters. The molecule has 1 rings (SSSR count). The van der Waals surface area contributed by atoms with Gasteiger partial charge in [0.25, 0.3) is 0 Å². The molecule has 1 nitrogen and oxygen atoms in total. The summed E-state index contributed by atoms with van der Waals surface area (Å²) in [7, 11) is 0. The van der Waals surface area contributed by atoms with E-state index in [2.05, 4.69) is 70.8 Å². The van der Waals surface area contributed by atoms with Gasteiger partial charge >= 0.3 is 0 Å². The van der Waals surface area contributed by atoms with E-state index in [1.807, 2.05) is 0 Å². The number of hydrogen-bond donors (Lipinski definition) is 1. The Kier molecular flexibility index (Phi) is 5.61. The van der Waals surface area contributed by atoms with Crippen molar-refractivity contribution >= 4 is 0 Å². The van der Waals surface area contributed by atoms with Gasteiger partial charge < -0.3 is 5.32 Å². The highest BCUT2D eigenvalue weighted by atomic mass is 14.9. The molecule has 0 aliphatic heterocycles. The van der Waals surface area contributed by atoms with Crippen molar-refractivity contribution < 1.29 is 0 Å². The highest BCUT2D eigenvalue weighted by Crippen LogP contribution is 2.17. The van der Waals surface area contributed by atoms with Crippen LogP contribution in [0.25, 0.3) is 0 Å². The fourth-order valence-electron chi connectivity index (χ4n) is 2.06. The summed E-state index contributed by atoms with van der Waals surface area (Å²) in [5, 5.41) is 3.62. The lowest BCUT2D eigenvalue weighted by Crippen LogP contribution is -2.38. The predicted molar refractivity (Wildman–Crippen MR) is 80.9 cm³/mol. The first-order valence-corrected chi connectivity index (χ1v) is 6.90. The van der Waals surface area contributed by atoms with Crippen LogP contribution in [0.4, 0.5) is 0 Å². The Balaban J connectivity index is 2.77. The molecular formula is C17H27N. The summed E-state index contributed by atoms with van der Waals surface area (Å²) in [4.78, 5) is 0. The van der Waals surface area contributed by atoms with E-state index in [9.17, 15) is 0 Å². The van der Waals surface area contributed by atoms with E-state index < -0.39 is 0 Å². The first-order valence-electron chi connectivity index (χ1n) is 6.90. The highest BCUT2D eigenvalue weighted by Gasteiger charge is 2.16. The third kappa shape index (κ3) is 4.66. The second-order valence-corrected chi connectivity index (χ2v) is 5.79. The maximum absolute atomic E-state index is 4.26. The van der Waals surface area contributed by atoms with Gasteiger partial charge in [-0.2, -0.15) is 0 Å². The molecule has 0 aliphatic carbocycles. The van der Waals surface area contributed by atoms with Crippen molar-refractivity contribution in [1.82, 2.24) is 5.32 Å². The molecule has 0 spiro atoms. The average Bonchev–Trinajstić information content (AvgIpc) is 2.29. The zero-order chi connectivity index (χ0) is 13.7. The Bertz CT molecular complexity index is 373. The van der Waals surface area contributed by atoms with Gasteiger partial charge in [0.1, 0.15) is 0 Å². The van der Waals surface area contributed by atoms with Crippen LogP contribution in [0.2, 0.25) is 0 Å². The van der Waals surface area contributed by atoms with Crippen LogP contribution in [0, 0.1) is 12.8 Å². The van der Waals surface area contributed by atoms with Crippen LogP contribution in [-0.4, -0.2) is 12.1 Å². The van der Waals surface area contributed by atoms with E-state index >= 15 is 0 Å². The van der Waals surface area contributed by atoms with Gasteiger partial charge in [0.2, 0.25) is 0 Å². The van der Waals surface area contributed by atoms with Crippen LogP contribution in [0.15, 0.2) is 36.4 Å². The topological polar surface area (TPSA) is 12.0 Å². The van der Waals surface area contributed by atoms with E-state index in [4.69, 9.17) is 0 Å². The molecule has 0 fully saturated rings. The van der Waals surface area contributed by atoms with Crippen molar-refractivity contribution in [2.24, 2.45) is 5.92 Å². The van der Waals surface area contributed by atoms with E-state index in [0.29, 0.717) is 18.0 Å². The molecular weight excluding hydrogens is 218 g/mol. The Morgan fingerprint density at radius 3 is 2.11 bits per heavy atom. The lowest BCUT2D eigenvalue weighted by molar-refractivity contribution is 0.476. The Hall–Kier alpha value is -1.08. The summed E-state index contributed by atoms with van der Waals surface area (Å²) in [5.74, 6) is 0.520. The van der Waals surface area contributed by atoms with Crippen molar-refractivity contribution in [3.05, 3.63) is 47.5 Å². The van der Waals surface area contributed by atoms with Gasteiger partial charge in [-0.3, -0.25) is 0 Å². The standard InChI is InChI=1S/C17H27N/c1-12(2)15(6)17(18-13(3)4)11-16-9-7-14(5)8-10-16/h7-10,12-13,17-18H,6,11H2,1-5H3. The van der Waals surface area contributed by atoms with Crippen molar-refractivity contribution in [1.29, 1.82) is 0 Å². The molecule has 0 heterocycles. The third-order valence-corrected chi connectivity index (χ3v) is 3.28. The van der Waals surface area contributed by atoms with E-state index in [1.54, 1.807) is 0 Å². The molecule has 18 heavy (non-hydrogen) atoms. The van der Waals surface area contributed by atoms with Crippen LogP contribution >= 0.6 is 0 Å². The normalized spacial score (nSPS) is 13.1. The zero-order valence-electron chi connectivity index (χ0n) is 12.5.